The number of hydrogen-bond acceptors (Lipinski definition) is 4. The number of amides is 1. The zero-order valence-corrected chi connectivity index (χ0v) is 15.3. The Morgan fingerprint density at radius 3 is 2.62 bits per heavy atom. The Morgan fingerprint density at radius 2 is 1.92 bits per heavy atom. The third-order valence-electron chi connectivity index (χ3n) is 3.28. The summed E-state index contributed by atoms with van der Waals surface area (Å²) in [5, 5.41) is 12.6. The topological polar surface area (TPSA) is 75.6 Å². The molecule has 0 atom stereocenters. The van der Waals surface area contributed by atoms with Crippen LogP contribution in [0.1, 0.15) is 15.2 Å². The molecule has 3 aromatic rings. The highest BCUT2D eigenvalue weighted by Gasteiger charge is 2.20. The maximum atomic E-state index is 12.1. The molecule has 0 aliphatic rings. The maximum Gasteiger partial charge on any atom is 0.412 e. The summed E-state index contributed by atoms with van der Waals surface area (Å²) in [4.78, 5) is 23.6. The van der Waals surface area contributed by atoms with Crippen LogP contribution in [0.25, 0.3) is 10.1 Å². The molecule has 5 nitrogen and oxygen atoms in total. The molecule has 1 heterocycles. The Labute approximate surface area is 155 Å². The predicted molar refractivity (Wildman–Crippen MR) is 102 cm³/mol. The molecule has 122 valence electrons. The molecule has 0 fully saturated rings. The van der Waals surface area contributed by atoms with Crippen molar-refractivity contribution in [2.45, 2.75) is 6.61 Å². The van der Waals surface area contributed by atoms with Gasteiger partial charge >= 0.3 is 12.1 Å². The Hall–Kier alpha value is -2.13. The number of nitrogens with one attached hydrogen (secondary N) is 1. The molecule has 3 rings (SSSR count). The monoisotopic (exact) mass is 453 g/mol. The molecule has 2 aromatic carbocycles. The molecular weight excluding hydrogens is 441 g/mol. The zero-order chi connectivity index (χ0) is 17.1. The van der Waals surface area contributed by atoms with Crippen LogP contribution in [0.5, 0.6) is 0 Å². The molecule has 0 bridgehead atoms. The van der Waals surface area contributed by atoms with Crippen molar-refractivity contribution in [3.8, 4) is 0 Å². The first-order valence-electron chi connectivity index (χ1n) is 6.97. The van der Waals surface area contributed by atoms with Crippen LogP contribution in [-0.2, 0) is 11.3 Å². The SMILES string of the molecule is O=C(Nc1c(C(=O)O)sc2ccc(I)cc12)OCc1ccccc1. The van der Waals surface area contributed by atoms with E-state index in [4.69, 9.17) is 4.74 Å². The number of thiophene rings is 1. The van der Waals surface area contributed by atoms with Gasteiger partial charge in [-0.2, -0.15) is 0 Å². The number of carboxylic acids is 1. The summed E-state index contributed by atoms with van der Waals surface area (Å²) in [5.74, 6) is -1.08. The number of ether oxygens (including phenoxy) is 1. The van der Waals surface area contributed by atoms with Crippen LogP contribution in [0.3, 0.4) is 0 Å². The van der Waals surface area contributed by atoms with Crippen LogP contribution in [0.2, 0.25) is 0 Å². The van der Waals surface area contributed by atoms with Gasteiger partial charge in [0.2, 0.25) is 0 Å². The second kappa shape index (κ2) is 7.18. The molecule has 1 amide bonds. The molecule has 0 aliphatic heterocycles. The van der Waals surface area contributed by atoms with Gasteiger partial charge in [0.15, 0.2) is 0 Å². The van der Waals surface area contributed by atoms with E-state index in [0.717, 1.165) is 25.2 Å². The zero-order valence-electron chi connectivity index (χ0n) is 12.3. The molecule has 7 heteroatoms. The van der Waals surface area contributed by atoms with Gasteiger partial charge in [-0.25, -0.2) is 9.59 Å². The van der Waals surface area contributed by atoms with E-state index in [9.17, 15) is 14.7 Å². The van der Waals surface area contributed by atoms with Gasteiger partial charge in [0.05, 0.1) is 5.69 Å². The molecule has 24 heavy (non-hydrogen) atoms. The van der Waals surface area contributed by atoms with Crippen molar-refractivity contribution in [3.05, 3.63) is 62.5 Å². The van der Waals surface area contributed by atoms with Crippen molar-refractivity contribution < 1.29 is 19.4 Å². The van der Waals surface area contributed by atoms with E-state index < -0.39 is 12.1 Å². The van der Waals surface area contributed by atoms with Gasteiger partial charge in [-0.1, -0.05) is 30.3 Å². The van der Waals surface area contributed by atoms with E-state index in [1.165, 1.54) is 0 Å². The van der Waals surface area contributed by atoms with Crippen LogP contribution in [0.15, 0.2) is 48.5 Å². The van der Waals surface area contributed by atoms with Crippen LogP contribution in [0.4, 0.5) is 10.5 Å². The molecule has 0 saturated heterocycles. The number of carboxylic acid groups (broad SMARTS) is 1. The molecule has 0 radical (unpaired) electrons. The van der Waals surface area contributed by atoms with E-state index in [1.54, 1.807) is 0 Å². The second-order valence-electron chi connectivity index (χ2n) is 4.94. The number of anilines is 1. The highest BCUT2D eigenvalue weighted by molar-refractivity contribution is 14.1. The van der Waals surface area contributed by atoms with Gasteiger partial charge in [0, 0.05) is 13.7 Å². The van der Waals surface area contributed by atoms with Crippen LogP contribution >= 0.6 is 33.9 Å². The van der Waals surface area contributed by atoms with Gasteiger partial charge in [-0.05, 0) is 46.4 Å². The fourth-order valence-corrected chi connectivity index (χ4v) is 3.67. The number of halogens is 1. The number of rotatable bonds is 4. The van der Waals surface area contributed by atoms with Crippen LogP contribution in [-0.4, -0.2) is 17.2 Å². The van der Waals surface area contributed by atoms with Gasteiger partial charge in [0.1, 0.15) is 11.5 Å². The number of hydrogen-bond donors (Lipinski definition) is 2. The van der Waals surface area contributed by atoms with Crippen LogP contribution in [0, 0.1) is 3.57 Å². The Balaban J connectivity index is 1.83. The number of aromatic carboxylic acids is 1. The lowest BCUT2D eigenvalue weighted by Gasteiger charge is -2.07. The van der Waals surface area contributed by atoms with Gasteiger partial charge in [-0.15, -0.1) is 11.3 Å². The van der Waals surface area contributed by atoms with E-state index >= 15 is 0 Å². The molecule has 1 aromatic heterocycles. The van der Waals surface area contributed by atoms with Crippen molar-refractivity contribution in [3.63, 3.8) is 0 Å². The summed E-state index contributed by atoms with van der Waals surface area (Å²) >= 11 is 3.27. The minimum Gasteiger partial charge on any atom is -0.477 e. The summed E-state index contributed by atoms with van der Waals surface area (Å²) in [7, 11) is 0. The standard InChI is InChI=1S/C17H12INO4S/c18-11-6-7-13-12(8-11)14(15(24-13)16(20)21)19-17(22)23-9-10-4-2-1-3-5-10/h1-8H,9H2,(H,19,22)(H,20,21). The number of fused-ring (bicyclic) bond motifs is 1. The summed E-state index contributed by atoms with van der Waals surface area (Å²) in [5.41, 5.74) is 1.13. The average molecular weight is 453 g/mol. The van der Waals surface area contributed by atoms with Gasteiger partial charge in [0.25, 0.3) is 0 Å². The van der Waals surface area contributed by atoms with Gasteiger partial charge < -0.3 is 9.84 Å². The van der Waals surface area contributed by atoms with E-state index in [1.807, 2.05) is 48.5 Å². The first-order chi connectivity index (χ1) is 11.5. The van der Waals surface area contributed by atoms with E-state index in [2.05, 4.69) is 27.9 Å². The largest absolute Gasteiger partial charge is 0.477 e. The molecule has 0 saturated carbocycles. The predicted octanol–water partition coefficient (Wildman–Crippen LogP) is 4.95. The number of carbonyl (C=O) groups excluding carboxylic acids is 1. The molecule has 0 spiro atoms. The summed E-state index contributed by atoms with van der Waals surface area (Å²) in [6, 6.07) is 14.8. The second-order valence-corrected chi connectivity index (χ2v) is 7.24. The van der Waals surface area contributed by atoms with Crippen molar-refractivity contribution >= 4 is 61.8 Å². The number of benzene rings is 2. The Morgan fingerprint density at radius 1 is 1.17 bits per heavy atom. The summed E-state index contributed by atoms with van der Waals surface area (Å²) in [6.45, 7) is 0.120. The average Bonchev–Trinajstić information content (AvgIpc) is 2.92. The number of carbonyl (C=O) groups is 2. The van der Waals surface area contributed by atoms with Crippen molar-refractivity contribution in [1.82, 2.24) is 0 Å². The van der Waals surface area contributed by atoms with Crippen molar-refractivity contribution in [2.75, 3.05) is 5.32 Å². The molecule has 2 N–H and O–H groups in total. The lowest BCUT2D eigenvalue weighted by molar-refractivity contribution is 0.0703. The van der Waals surface area contributed by atoms with E-state index in [-0.39, 0.29) is 17.2 Å². The smallest absolute Gasteiger partial charge is 0.412 e. The third kappa shape index (κ3) is 3.68. The molecular formula is C17H12INO4S. The lowest BCUT2D eigenvalue weighted by Crippen LogP contribution is -2.15. The fraction of sp³-hybridized carbons (Fsp3) is 0.0588. The fourth-order valence-electron chi connectivity index (χ4n) is 2.21. The minimum absolute atomic E-state index is 0.0867. The van der Waals surface area contributed by atoms with Crippen LogP contribution < -0.4 is 5.32 Å². The Bertz CT molecular complexity index is 908. The normalized spacial score (nSPS) is 10.5. The highest BCUT2D eigenvalue weighted by atomic mass is 127. The maximum absolute atomic E-state index is 12.1. The quantitative estimate of drug-likeness (QED) is 0.548. The first kappa shape index (κ1) is 16.7. The minimum atomic E-state index is -1.08. The van der Waals surface area contributed by atoms with E-state index in [0.29, 0.717) is 5.39 Å². The van der Waals surface area contributed by atoms with Crippen molar-refractivity contribution in [1.29, 1.82) is 0 Å². The van der Waals surface area contributed by atoms with Crippen molar-refractivity contribution in [2.24, 2.45) is 0 Å². The third-order valence-corrected chi connectivity index (χ3v) is 5.11. The lowest BCUT2D eigenvalue weighted by atomic mass is 10.2. The molecule has 0 aliphatic carbocycles. The molecule has 0 unspecified atom stereocenters. The summed E-state index contributed by atoms with van der Waals surface area (Å²) < 4.78 is 6.93. The highest BCUT2D eigenvalue weighted by Crippen LogP contribution is 2.36. The van der Waals surface area contributed by atoms with Gasteiger partial charge in [-0.3, -0.25) is 5.32 Å². The summed E-state index contributed by atoms with van der Waals surface area (Å²) in [6.07, 6.45) is -0.681. The first-order valence-corrected chi connectivity index (χ1v) is 8.87. The Kier molecular flexibility index (Phi) is 5.00.